The molecule has 88 valence electrons. The lowest BCUT2D eigenvalue weighted by Crippen LogP contribution is -2.07. The standard InChI is InChI=1S/C13H12O3S/c1-9-11(7-8-17(2)15)16-12-6-4-3-5-10(12)13(9)14/h3-8H,1-2H3/b8-7+. The molecule has 0 radical (unpaired) electrons. The molecule has 1 aromatic heterocycles. The molecule has 4 heteroatoms. The predicted molar refractivity (Wildman–Crippen MR) is 70.3 cm³/mol. The van der Waals surface area contributed by atoms with Crippen LogP contribution in [0.3, 0.4) is 0 Å². The highest BCUT2D eigenvalue weighted by molar-refractivity contribution is 7.87. The zero-order chi connectivity index (χ0) is 12.4. The number of hydrogen-bond acceptors (Lipinski definition) is 3. The van der Waals surface area contributed by atoms with Gasteiger partial charge in [0.05, 0.1) is 5.39 Å². The van der Waals surface area contributed by atoms with E-state index in [0.29, 0.717) is 22.3 Å². The van der Waals surface area contributed by atoms with Gasteiger partial charge in [0.1, 0.15) is 11.3 Å². The lowest BCUT2D eigenvalue weighted by Gasteiger charge is -2.02. The van der Waals surface area contributed by atoms with Gasteiger partial charge in [-0.3, -0.25) is 9.00 Å². The minimum atomic E-state index is -1.06. The Hall–Kier alpha value is -1.68. The fourth-order valence-electron chi connectivity index (χ4n) is 1.57. The van der Waals surface area contributed by atoms with Crippen LogP contribution in [0.1, 0.15) is 11.3 Å². The van der Waals surface area contributed by atoms with Crippen LogP contribution in [0.15, 0.2) is 38.9 Å². The van der Waals surface area contributed by atoms with E-state index in [1.54, 1.807) is 37.5 Å². The molecule has 0 bridgehead atoms. The van der Waals surface area contributed by atoms with Gasteiger partial charge in [0, 0.05) is 28.0 Å². The van der Waals surface area contributed by atoms with Gasteiger partial charge >= 0.3 is 0 Å². The molecule has 0 amide bonds. The van der Waals surface area contributed by atoms with Crippen LogP contribution >= 0.6 is 0 Å². The van der Waals surface area contributed by atoms with Crippen LogP contribution in [0.25, 0.3) is 17.0 Å². The highest BCUT2D eigenvalue weighted by atomic mass is 32.2. The van der Waals surface area contributed by atoms with Crippen LogP contribution in [-0.4, -0.2) is 10.5 Å². The maximum absolute atomic E-state index is 12.0. The Morgan fingerprint density at radius 2 is 2.00 bits per heavy atom. The number of rotatable bonds is 2. The summed E-state index contributed by atoms with van der Waals surface area (Å²) in [6.45, 7) is 1.70. The molecule has 2 aromatic rings. The van der Waals surface area contributed by atoms with Gasteiger partial charge in [-0.2, -0.15) is 0 Å². The molecule has 0 saturated carbocycles. The summed E-state index contributed by atoms with van der Waals surface area (Å²) in [5, 5.41) is 2.07. The average Bonchev–Trinajstić information content (AvgIpc) is 2.32. The number of benzene rings is 1. The second-order valence-electron chi connectivity index (χ2n) is 3.72. The summed E-state index contributed by atoms with van der Waals surface area (Å²) < 4.78 is 16.6. The first kappa shape index (κ1) is 11.8. The number of fused-ring (bicyclic) bond motifs is 1. The highest BCUT2D eigenvalue weighted by Gasteiger charge is 2.07. The number of para-hydroxylation sites is 1. The Morgan fingerprint density at radius 1 is 1.29 bits per heavy atom. The van der Waals surface area contributed by atoms with Crippen molar-refractivity contribution in [1.29, 1.82) is 0 Å². The maximum atomic E-state index is 12.0. The summed E-state index contributed by atoms with van der Waals surface area (Å²) in [5.41, 5.74) is 1.03. The van der Waals surface area contributed by atoms with E-state index in [2.05, 4.69) is 0 Å². The van der Waals surface area contributed by atoms with Crippen LogP contribution in [-0.2, 0) is 10.8 Å². The Morgan fingerprint density at radius 3 is 2.71 bits per heavy atom. The van der Waals surface area contributed by atoms with Crippen LogP contribution in [0.5, 0.6) is 0 Å². The Balaban J connectivity index is 2.70. The van der Waals surface area contributed by atoms with Crippen molar-refractivity contribution in [3.8, 4) is 0 Å². The van der Waals surface area contributed by atoms with Crippen molar-refractivity contribution in [2.45, 2.75) is 6.92 Å². The van der Waals surface area contributed by atoms with E-state index in [1.807, 2.05) is 6.07 Å². The molecule has 1 unspecified atom stereocenters. The van der Waals surface area contributed by atoms with Crippen LogP contribution in [0, 0.1) is 6.92 Å². The Labute approximate surface area is 101 Å². The van der Waals surface area contributed by atoms with Gasteiger partial charge in [-0.15, -0.1) is 0 Å². The van der Waals surface area contributed by atoms with Crippen molar-refractivity contribution in [1.82, 2.24) is 0 Å². The first-order chi connectivity index (χ1) is 8.09. The second-order valence-corrected chi connectivity index (χ2v) is 4.99. The maximum Gasteiger partial charge on any atom is 0.196 e. The molecule has 0 fully saturated rings. The third-order valence-electron chi connectivity index (χ3n) is 2.47. The highest BCUT2D eigenvalue weighted by Crippen LogP contribution is 2.16. The summed E-state index contributed by atoms with van der Waals surface area (Å²) >= 11 is 0. The molecule has 2 rings (SSSR count). The van der Waals surface area contributed by atoms with Gasteiger partial charge < -0.3 is 4.42 Å². The average molecular weight is 248 g/mol. The lowest BCUT2D eigenvalue weighted by molar-refractivity contribution is 0.585. The lowest BCUT2D eigenvalue weighted by atomic mass is 10.1. The summed E-state index contributed by atoms with van der Waals surface area (Å²) in [7, 11) is -1.06. The summed E-state index contributed by atoms with van der Waals surface area (Å²) in [6.07, 6.45) is 3.14. The topological polar surface area (TPSA) is 47.3 Å². The van der Waals surface area contributed by atoms with Crippen LogP contribution in [0.2, 0.25) is 0 Å². The van der Waals surface area contributed by atoms with E-state index in [-0.39, 0.29) is 5.43 Å². The molecular formula is C13H12O3S. The largest absolute Gasteiger partial charge is 0.456 e. The normalized spacial score (nSPS) is 13.3. The predicted octanol–water partition coefficient (Wildman–Crippen LogP) is 2.45. The first-order valence-electron chi connectivity index (χ1n) is 5.12. The first-order valence-corrected chi connectivity index (χ1v) is 6.74. The Kier molecular flexibility index (Phi) is 3.24. The molecule has 0 aliphatic heterocycles. The van der Waals surface area contributed by atoms with Gasteiger partial charge in [-0.05, 0) is 25.1 Å². The van der Waals surface area contributed by atoms with Crippen molar-refractivity contribution >= 4 is 27.8 Å². The molecule has 1 heterocycles. The molecule has 1 aromatic carbocycles. The van der Waals surface area contributed by atoms with Crippen molar-refractivity contribution in [2.24, 2.45) is 0 Å². The fraction of sp³-hybridized carbons (Fsp3) is 0.154. The molecule has 17 heavy (non-hydrogen) atoms. The monoisotopic (exact) mass is 248 g/mol. The van der Waals surface area contributed by atoms with E-state index in [1.165, 1.54) is 5.41 Å². The summed E-state index contributed by atoms with van der Waals surface area (Å²) in [5.74, 6) is 0.462. The van der Waals surface area contributed by atoms with Gasteiger partial charge in [-0.25, -0.2) is 0 Å². The molecule has 1 atom stereocenters. The molecular weight excluding hydrogens is 236 g/mol. The molecule has 0 saturated heterocycles. The fourth-order valence-corrected chi connectivity index (χ4v) is 1.88. The van der Waals surface area contributed by atoms with Crippen molar-refractivity contribution < 1.29 is 8.63 Å². The minimum absolute atomic E-state index is 0.0478. The summed E-state index contributed by atoms with van der Waals surface area (Å²) in [4.78, 5) is 12.0. The van der Waals surface area contributed by atoms with Gasteiger partial charge in [0.15, 0.2) is 5.43 Å². The SMILES string of the molecule is Cc1c(/C=C/S(C)=O)oc2ccccc2c1=O. The van der Waals surface area contributed by atoms with E-state index >= 15 is 0 Å². The van der Waals surface area contributed by atoms with Crippen molar-refractivity contribution in [3.63, 3.8) is 0 Å². The van der Waals surface area contributed by atoms with E-state index < -0.39 is 10.8 Å². The van der Waals surface area contributed by atoms with Gasteiger partial charge in [0.25, 0.3) is 0 Å². The zero-order valence-corrected chi connectivity index (χ0v) is 10.4. The zero-order valence-electron chi connectivity index (χ0n) is 9.60. The smallest absolute Gasteiger partial charge is 0.196 e. The van der Waals surface area contributed by atoms with Crippen molar-refractivity contribution in [2.75, 3.05) is 6.26 Å². The molecule has 0 aliphatic rings. The molecule has 0 aliphatic carbocycles. The summed E-state index contributed by atoms with van der Waals surface area (Å²) in [6, 6.07) is 7.09. The second kappa shape index (κ2) is 4.67. The molecule has 0 spiro atoms. The molecule has 3 nitrogen and oxygen atoms in total. The van der Waals surface area contributed by atoms with Crippen molar-refractivity contribution in [3.05, 3.63) is 51.2 Å². The van der Waals surface area contributed by atoms with Crippen LogP contribution in [0.4, 0.5) is 0 Å². The van der Waals surface area contributed by atoms with E-state index in [0.717, 1.165) is 0 Å². The number of hydrogen-bond donors (Lipinski definition) is 0. The van der Waals surface area contributed by atoms with Gasteiger partial charge in [-0.1, -0.05) is 12.1 Å². The van der Waals surface area contributed by atoms with E-state index in [9.17, 15) is 9.00 Å². The van der Waals surface area contributed by atoms with Crippen LogP contribution < -0.4 is 5.43 Å². The third kappa shape index (κ3) is 2.36. The minimum Gasteiger partial charge on any atom is -0.456 e. The van der Waals surface area contributed by atoms with E-state index in [4.69, 9.17) is 4.42 Å². The quantitative estimate of drug-likeness (QED) is 0.820. The third-order valence-corrected chi connectivity index (χ3v) is 2.99. The Bertz CT molecular complexity index is 668. The molecule has 0 N–H and O–H groups in total. The van der Waals surface area contributed by atoms with Gasteiger partial charge in [0.2, 0.25) is 0 Å².